The molecule has 0 spiro atoms. The number of piperidine rings is 1. The van der Waals surface area contributed by atoms with E-state index in [1.165, 1.54) is 12.0 Å². The number of ether oxygens (including phenoxy) is 5. The molecule has 1 aliphatic carbocycles. The molecule has 4 rings (SSSR count). The van der Waals surface area contributed by atoms with Gasteiger partial charge in [0, 0.05) is 71.8 Å². The zero-order valence-corrected chi connectivity index (χ0v) is 44.3. The number of esters is 1. The Morgan fingerprint density at radius 2 is 1.57 bits per heavy atom. The number of allylic oxidation sites excluding steroid dienone is 6. The molecule has 15 atom stereocenters. The summed E-state index contributed by atoms with van der Waals surface area (Å²) >= 11 is 0. The number of hydrogen-bond donors (Lipinski definition) is 2. The van der Waals surface area contributed by atoms with Crippen LogP contribution in [0.4, 0.5) is 0 Å². The molecule has 3 aliphatic heterocycles. The minimum absolute atomic E-state index is 0.0104. The molecule has 69 heavy (non-hydrogen) atoms. The number of rotatable bonds is 8. The Hall–Kier alpha value is -3.14. The minimum atomic E-state index is -2.86. The lowest BCUT2D eigenvalue weighted by Gasteiger charge is -2.42. The number of cyclic esters (lactones) is 1. The van der Waals surface area contributed by atoms with Crippen molar-refractivity contribution in [1.82, 2.24) is 4.90 Å². The first-order chi connectivity index (χ1) is 32.4. The topological polar surface area (TPSA) is 201 Å². The van der Waals surface area contributed by atoms with Gasteiger partial charge in [0.2, 0.25) is 5.79 Å². The van der Waals surface area contributed by atoms with E-state index in [9.17, 15) is 38.8 Å². The summed E-state index contributed by atoms with van der Waals surface area (Å²) < 4.78 is 48.4. The number of Topliss-reactive ketones (excluding diaryl/α,β-unsaturated/α-hetero) is 3. The number of hydrogen-bond acceptors (Lipinski definition) is 14. The molecule has 1 amide bonds. The summed E-state index contributed by atoms with van der Waals surface area (Å²) in [4.78, 5) is 72.3. The van der Waals surface area contributed by atoms with Crippen LogP contribution in [0.25, 0.3) is 0 Å². The third kappa shape index (κ3) is 16.2. The Labute approximate surface area is 411 Å². The second-order valence-corrected chi connectivity index (χ2v) is 23.6. The molecule has 1 saturated carbocycles. The lowest BCUT2D eigenvalue weighted by Crippen LogP contribution is -2.61. The van der Waals surface area contributed by atoms with Gasteiger partial charge in [-0.1, -0.05) is 71.1 Å². The maximum atomic E-state index is 14.5. The highest BCUT2D eigenvalue weighted by molar-refractivity contribution is 7.57. The summed E-state index contributed by atoms with van der Waals surface area (Å²) in [5.41, 5.74) is 1.25. The Balaban J connectivity index is 1.71. The van der Waals surface area contributed by atoms with Crippen molar-refractivity contribution in [1.29, 1.82) is 0 Å². The van der Waals surface area contributed by atoms with Crippen molar-refractivity contribution in [2.45, 2.75) is 180 Å². The smallest absolute Gasteiger partial charge is 0.329 e. The van der Waals surface area contributed by atoms with Crippen molar-refractivity contribution in [2.24, 2.45) is 35.5 Å². The van der Waals surface area contributed by atoms with Gasteiger partial charge in [-0.2, -0.15) is 0 Å². The molecule has 2 bridgehead atoms. The van der Waals surface area contributed by atoms with E-state index in [0.29, 0.717) is 63.4 Å². The van der Waals surface area contributed by atoms with Crippen molar-refractivity contribution >= 4 is 36.6 Å². The number of carbonyl (C=O) groups excluding carboxylic acids is 5. The fourth-order valence-corrected chi connectivity index (χ4v) is 11.4. The van der Waals surface area contributed by atoms with Gasteiger partial charge >= 0.3 is 5.97 Å². The number of aliphatic hydroxyl groups excluding tert-OH is 1. The predicted octanol–water partition coefficient (Wildman–Crippen LogP) is 7.74. The Bertz CT molecular complexity index is 1940. The van der Waals surface area contributed by atoms with Gasteiger partial charge in [-0.15, -0.1) is 0 Å². The molecule has 15 nitrogen and oxygen atoms in total. The van der Waals surface area contributed by atoms with Crippen LogP contribution >= 0.6 is 7.37 Å². The highest BCUT2D eigenvalue weighted by atomic mass is 31.2. The molecule has 0 radical (unpaired) electrons. The molecule has 3 heterocycles. The van der Waals surface area contributed by atoms with E-state index in [-0.39, 0.29) is 54.8 Å². The van der Waals surface area contributed by atoms with E-state index in [1.807, 2.05) is 58.1 Å². The zero-order valence-electron chi connectivity index (χ0n) is 43.4. The number of carbonyl (C=O) groups is 5. The third-order valence-corrected chi connectivity index (χ3v) is 15.6. The lowest BCUT2D eigenvalue weighted by atomic mass is 9.78. The summed E-state index contributed by atoms with van der Waals surface area (Å²) in [6.45, 7) is 15.8. The fourth-order valence-electron chi connectivity index (χ4n) is 10.6. The van der Waals surface area contributed by atoms with Crippen LogP contribution in [0.15, 0.2) is 47.6 Å². The third-order valence-electron chi connectivity index (χ3n) is 14.8. The van der Waals surface area contributed by atoms with Gasteiger partial charge in [0.05, 0.1) is 24.4 Å². The monoisotopic (exact) mass is 990 g/mol. The molecule has 0 aromatic heterocycles. The maximum absolute atomic E-state index is 14.5. The number of ketones is 3. The Morgan fingerprint density at radius 3 is 2.22 bits per heavy atom. The predicted molar refractivity (Wildman–Crippen MR) is 263 cm³/mol. The van der Waals surface area contributed by atoms with Crippen molar-refractivity contribution in [2.75, 3.05) is 41.2 Å². The van der Waals surface area contributed by atoms with Gasteiger partial charge in [-0.25, -0.2) is 4.79 Å². The van der Waals surface area contributed by atoms with Crippen LogP contribution in [0.3, 0.4) is 0 Å². The van der Waals surface area contributed by atoms with Crippen LogP contribution in [0, 0.1) is 35.5 Å². The van der Waals surface area contributed by atoms with E-state index < -0.39 is 91.2 Å². The van der Waals surface area contributed by atoms with Crippen LogP contribution in [0.2, 0.25) is 0 Å². The van der Waals surface area contributed by atoms with E-state index in [1.54, 1.807) is 54.4 Å². The highest BCUT2D eigenvalue weighted by Crippen LogP contribution is 2.45. The van der Waals surface area contributed by atoms with Gasteiger partial charge in [0.1, 0.15) is 30.1 Å². The maximum Gasteiger partial charge on any atom is 0.329 e. The number of methoxy groups -OCH3 is 3. The molecule has 0 aromatic rings. The summed E-state index contributed by atoms with van der Waals surface area (Å²) in [7, 11) is 1.69. The molecule has 0 aromatic carbocycles. The molecular weight excluding hydrogens is 906 g/mol. The molecular formula is C53H84NO14P. The van der Waals surface area contributed by atoms with Crippen LogP contribution in [0.1, 0.15) is 126 Å². The largest absolute Gasteiger partial charge is 0.460 e. The van der Waals surface area contributed by atoms with Gasteiger partial charge in [0.15, 0.2) is 13.2 Å². The average molecular weight is 990 g/mol. The Kier molecular flexibility index (Phi) is 22.5. The number of aliphatic hydroxyl groups is 2. The van der Waals surface area contributed by atoms with Gasteiger partial charge in [-0.3, -0.25) is 23.7 Å². The first-order valence-electron chi connectivity index (χ1n) is 25.2. The molecule has 1 unspecified atom stereocenters. The van der Waals surface area contributed by atoms with Crippen molar-refractivity contribution < 1.29 is 67.0 Å². The van der Waals surface area contributed by atoms with Crippen LogP contribution in [-0.2, 0) is 56.7 Å². The number of fused-ring (bicyclic) bond motifs is 3. The molecule has 2 N–H and O–H groups in total. The normalized spacial score (nSPS) is 39.0. The summed E-state index contributed by atoms with van der Waals surface area (Å²) in [6.07, 6.45) is 11.3. The van der Waals surface area contributed by atoms with Crippen LogP contribution in [0.5, 0.6) is 0 Å². The zero-order chi connectivity index (χ0) is 51.4. The number of nitrogens with zero attached hydrogens (tertiary/aromatic N) is 1. The molecule has 2 saturated heterocycles. The summed E-state index contributed by atoms with van der Waals surface area (Å²) in [6, 6.07) is -1.16. The lowest BCUT2D eigenvalue weighted by molar-refractivity contribution is -0.265. The average Bonchev–Trinajstić information content (AvgIpc) is 3.30. The molecule has 3 fully saturated rings. The van der Waals surface area contributed by atoms with E-state index >= 15 is 0 Å². The standard InChI is InChI=1S/C53H84NO14P/c1-32-18-14-13-15-19-33(2)44(64-9)30-40-23-21-38(7)53(61,67-40)50(58)51(59)54-25-17-16-20-41(54)52(60)66-45(35(4)28-39-22-24-43(63-8)46(29-39)68-69(11,12)62)31-42(55)34(3)27-37(6)48(57)49(65-10)47(56)36(5)26-32/h13-15,18-19,27,32,34-36,38-41,43-46,48-49,57,61H,16-17,20-26,28-31H2,1-12H3/b15-13+,18-14-,33-19+,37-27+/t32-,34-,35+,36-,38-,39+,40?,41+,43-,44+,45+,46-,48-,49+,53-/m1/s1. The second-order valence-electron chi connectivity index (χ2n) is 20.9. The van der Waals surface area contributed by atoms with Crippen molar-refractivity contribution in [3.8, 4) is 0 Å². The Morgan fingerprint density at radius 1 is 0.855 bits per heavy atom. The first kappa shape index (κ1) is 58.4. The van der Waals surface area contributed by atoms with E-state index in [0.717, 1.165) is 12.0 Å². The van der Waals surface area contributed by atoms with Crippen molar-refractivity contribution in [3.63, 3.8) is 0 Å². The summed E-state index contributed by atoms with van der Waals surface area (Å²) in [5, 5.41) is 23.5. The molecule has 390 valence electrons. The first-order valence-corrected chi connectivity index (χ1v) is 27.7. The fraction of sp³-hybridized carbons (Fsp3) is 0.755. The molecule has 4 aliphatic rings. The second kappa shape index (κ2) is 26.5. The number of amides is 1. The SMILES string of the molecule is CO[C@H]1CC2CC[C@@H](C)[C@@](O)(O2)C(=O)C(=O)N2CCCC[C@H]2C(=O)O[C@H]([C@@H](C)C[C@@H]2CC[C@@H](OC)[C@H](OP(C)(C)=O)C2)CC(=O)[C@H](C)/C=C(\C)[C@@H](O)[C@@H](OC)C(=O)[C@H](C)C[C@H](C)\C=C/C=C/C=C/1C. The van der Waals surface area contributed by atoms with Crippen LogP contribution < -0.4 is 0 Å². The van der Waals surface area contributed by atoms with Crippen molar-refractivity contribution in [3.05, 3.63) is 47.6 Å². The van der Waals surface area contributed by atoms with Crippen LogP contribution in [-0.4, -0.2) is 140 Å². The highest BCUT2D eigenvalue weighted by Gasteiger charge is 2.53. The van der Waals surface area contributed by atoms with Gasteiger partial charge in [0.25, 0.3) is 11.7 Å². The van der Waals surface area contributed by atoms with Gasteiger partial charge in [-0.05, 0) is 107 Å². The van der Waals surface area contributed by atoms with Gasteiger partial charge < -0.3 is 43.3 Å². The summed E-state index contributed by atoms with van der Waals surface area (Å²) in [5.74, 6) is -8.20. The van der Waals surface area contributed by atoms with E-state index in [4.69, 9.17) is 28.2 Å². The quantitative estimate of drug-likeness (QED) is 0.104. The molecule has 16 heteroatoms. The minimum Gasteiger partial charge on any atom is -0.460 e. The van der Waals surface area contributed by atoms with E-state index in [2.05, 4.69) is 0 Å².